The quantitative estimate of drug-likeness (QED) is 0.888. The van der Waals surface area contributed by atoms with Crippen LogP contribution in [0.4, 0.5) is 0 Å². The number of benzene rings is 1. The van der Waals surface area contributed by atoms with Gasteiger partial charge in [0, 0.05) is 12.5 Å². The first kappa shape index (κ1) is 11.0. The van der Waals surface area contributed by atoms with Crippen LogP contribution < -0.4 is 5.56 Å². The highest BCUT2D eigenvalue weighted by Gasteiger charge is 2.30. The third kappa shape index (κ3) is 1.72. The van der Waals surface area contributed by atoms with Gasteiger partial charge < -0.3 is 5.11 Å². The Kier molecular flexibility index (Phi) is 2.76. The summed E-state index contributed by atoms with van der Waals surface area (Å²) in [6.07, 6.45) is 3.15. The molecule has 1 aromatic carbocycles. The molecule has 0 amide bonds. The lowest BCUT2D eigenvalue weighted by atomic mass is 10.1. The van der Waals surface area contributed by atoms with E-state index < -0.39 is 0 Å². The fourth-order valence-corrected chi connectivity index (χ4v) is 3.95. The van der Waals surface area contributed by atoms with Crippen molar-refractivity contribution < 1.29 is 5.11 Å². The van der Waals surface area contributed by atoms with Crippen LogP contribution in [0.1, 0.15) is 25.3 Å². The second-order valence-corrected chi connectivity index (χ2v) is 5.68. The summed E-state index contributed by atoms with van der Waals surface area (Å²) in [5.74, 6) is 0.251. The first-order chi connectivity index (χ1) is 8.31. The zero-order chi connectivity index (χ0) is 11.8. The van der Waals surface area contributed by atoms with E-state index in [9.17, 15) is 9.90 Å². The van der Waals surface area contributed by atoms with Crippen molar-refractivity contribution in [2.45, 2.75) is 25.3 Å². The van der Waals surface area contributed by atoms with Crippen LogP contribution in [-0.4, -0.2) is 15.7 Å². The lowest BCUT2D eigenvalue weighted by Crippen LogP contribution is -2.23. The second-order valence-electron chi connectivity index (χ2n) is 4.66. The monoisotopic (exact) mass is 249 g/mol. The Balaban J connectivity index is 2.11. The Morgan fingerprint density at radius 2 is 2.18 bits per heavy atom. The number of hydrogen-bond donors (Lipinski definition) is 1. The summed E-state index contributed by atoms with van der Waals surface area (Å²) in [7, 11) is 0. The second kappa shape index (κ2) is 4.27. The van der Waals surface area contributed by atoms with E-state index in [0.29, 0.717) is 0 Å². The van der Waals surface area contributed by atoms with E-state index in [-0.39, 0.29) is 24.1 Å². The summed E-state index contributed by atoms with van der Waals surface area (Å²) < 4.78 is 2.92. The van der Waals surface area contributed by atoms with Gasteiger partial charge in [-0.2, -0.15) is 0 Å². The van der Waals surface area contributed by atoms with Gasteiger partial charge in [-0.3, -0.25) is 8.75 Å². The summed E-state index contributed by atoms with van der Waals surface area (Å²) >= 11 is 1.53. The van der Waals surface area contributed by atoms with Gasteiger partial charge in [-0.05, 0) is 25.0 Å². The molecule has 1 saturated carbocycles. The minimum absolute atomic E-state index is 0.107. The van der Waals surface area contributed by atoms with Crippen LogP contribution in [0.5, 0.6) is 0 Å². The Hall–Kier alpha value is -1.13. The van der Waals surface area contributed by atoms with Crippen molar-refractivity contribution in [3.63, 3.8) is 0 Å². The maximum Gasteiger partial charge on any atom is 0.268 e. The minimum atomic E-state index is 0.107. The van der Waals surface area contributed by atoms with Gasteiger partial charge >= 0.3 is 0 Å². The van der Waals surface area contributed by atoms with Crippen molar-refractivity contribution in [1.29, 1.82) is 0 Å². The number of aliphatic hydroxyl groups excluding tert-OH is 1. The molecule has 2 unspecified atom stereocenters. The van der Waals surface area contributed by atoms with Gasteiger partial charge in [0.1, 0.15) is 0 Å². The van der Waals surface area contributed by atoms with Gasteiger partial charge in [0.25, 0.3) is 5.56 Å². The van der Waals surface area contributed by atoms with Crippen molar-refractivity contribution in [2.24, 2.45) is 5.92 Å². The van der Waals surface area contributed by atoms with Crippen molar-refractivity contribution >= 4 is 21.6 Å². The predicted molar refractivity (Wildman–Crippen MR) is 69.5 cm³/mol. The molecule has 1 aliphatic rings. The van der Waals surface area contributed by atoms with Crippen molar-refractivity contribution in [3.05, 3.63) is 34.6 Å². The highest BCUT2D eigenvalue weighted by Crippen LogP contribution is 2.36. The molecule has 17 heavy (non-hydrogen) atoms. The lowest BCUT2D eigenvalue weighted by molar-refractivity contribution is 0.199. The molecule has 1 N–H and O–H groups in total. The number of nitrogens with zero attached hydrogens (tertiary/aromatic N) is 1. The van der Waals surface area contributed by atoms with Crippen LogP contribution in [-0.2, 0) is 0 Å². The van der Waals surface area contributed by atoms with Crippen LogP contribution in [0.25, 0.3) is 10.1 Å². The fourth-order valence-electron chi connectivity index (χ4n) is 2.75. The van der Waals surface area contributed by atoms with Gasteiger partial charge in [0.2, 0.25) is 0 Å². The van der Waals surface area contributed by atoms with Crippen LogP contribution in [0.3, 0.4) is 0 Å². The SMILES string of the molecule is O=c1c2ccccc2sn1C1CCCC1CO. The van der Waals surface area contributed by atoms with Crippen molar-refractivity contribution in [3.8, 4) is 0 Å². The number of aromatic nitrogens is 1. The van der Waals surface area contributed by atoms with E-state index in [2.05, 4.69) is 0 Å². The first-order valence-electron chi connectivity index (χ1n) is 6.02. The highest BCUT2D eigenvalue weighted by molar-refractivity contribution is 7.13. The molecule has 0 bridgehead atoms. The summed E-state index contributed by atoms with van der Waals surface area (Å²) in [5.41, 5.74) is 0.107. The van der Waals surface area contributed by atoms with E-state index >= 15 is 0 Å². The van der Waals surface area contributed by atoms with E-state index in [4.69, 9.17) is 0 Å². The topological polar surface area (TPSA) is 42.2 Å². The van der Waals surface area contributed by atoms with E-state index in [1.807, 2.05) is 28.2 Å². The molecule has 3 nitrogen and oxygen atoms in total. The van der Waals surface area contributed by atoms with E-state index in [1.54, 1.807) is 0 Å². The average molecular weight is 249 g/mol. The molecule has 1 aliphatic carbocycles. The van der Waals surface area contributed by atoms with Gasteiger partial charge in [-0.25, -0.2) is 0 Å². The Morgan fingerprint density at radius 1 is 1.35 bits per heavy atom. The zero-order valence-electron chi connectivity index (χ0n) is 9.50. The molecule has 2 atom stereocenters. The molecule has 0 radical (unpaired) electrons. The Morgan fingerprint density at radius 3 is 2.94 bits per heavy atom. The first-order valence-corrected chi connectivity index (χ1v) is 6.80. The molecule has 0 spiro atoms. The zero-order valence-corrected chi connectivity index (χ0v) is 10.3. The van der Waals surface area contributed by atoms with Gasteiger partial charge in [0.05, 0.1) is 16.1 Å². The molecule has 1 fully saturated rings. The van der Waals surface area contributed by atoms with Gasteiger partial charge in [0.15, 0.2) is 0 Å². The van der Waals surface area contributed by atoms with Crippen molar-refractivity contribution in [1.82, 2.24) is 3.96 Å². The summed E-state index contributed by atoms with van der Waals surface area (Å²) in [4.78, 5) is 12.3. The molecular weight excluding hydrogens is 234 g/mol. The molecule has 4 heteroatoms. The number of aliphatic hydroxyl groups is 1. The van der Waals surface area contributed by atoms with E-state index in [0.717, 1.165) is 29.3 Å². The molecule has 3 rings (SSSR count). The van der Waals surface area contributed by atoms with Crippen LogP contribution in [0, 0.1) is 5.92 Å². The van der Waals surface area contributed by atoms with E-state index in [1.165, 1.54) is 11.5 Å². The highest BCUT2D eigenvalue weighted by atomic mass is 32.1. The normalized spacial score (nSPS) is 24.5. The third-order valence-corrected chi connectivity index (χ3v) is 4.86. The smallest absolute Gasteiger partial charge is 0.268 e. The fraction of sp³-hybridized carbons (Fsp3) is 0.462. The largest absolute Gasteiger partial charge is 0.396 e. The number of rotatable bonds is 2. The molecule has 0 aliphatic heterocycles. The summed E-state index contributed by atoms with van der Waals surface area (Å²) in [6, 6.07) is 7.93. The van der Waals surface area contributed by atoms with Crippen LogP contribution in [0.2, 0.25) is 0 Å². The molecule has 2 aromatic rings. The number of fused-ring (bicyclic) bond motifs is 1. The third-order valence-electron chi connectivity index (χ3n) is 3.67. The average Bonchev–Trinajstić information content (AvgIpc) is 2.94. The van der Waals surface area contributed by atoms with Crippen molar-refractivity contribution in [2.75, 3.05) is 6.61 Å². The minimum Gasteiger partial charge on any atom is -0.396 e. The van der Waals surface area contributed by atoms with Gasteiger partial charge in [-0.1, -0.05) is 30.1 Å². The molecule has 90 valence electrons. The maximum absolute atomic E-state index is 12.3. The molecule has 1 heterocycles. The van der Waals surface area contributed by atoms with Crippen LogP contribution >= 0.6 is 11.5 Å². The number of hydrogen-bond acceptors (Lipinski definition) is 3. The standard InChI is InChI=1S/C13H15NO2S/c15-8-9-4-3-6-11(9)14-13(16)10-5-1-2-7-12(10)17-14/h1-2,5,7,9,11,15H,3-4,6,8H2. The summed E-state index contributed by atoms with van der Waals surface area (Å²) in [6.45, 7) is 0.186. The van der Waals surface area contributed by atoms with Gasteiger partial charge in [-0.15, -0.1) is 0 Å². The maximum atomic E-state index is 12.3. The Bertz CT molecular complexity index is 586. The van der Waals surface area contributed by atoms with Crippen LogP contribution in [0.15, 0.2) is 29.1 Å². The molecular formula is C13H15NO2S. The Labute approximate surface area is 103 Å². The summed E-state index contributed by atoms with van der Waals surface area (Å²) in [5, 5.41) is 10.2. The molecule has 0 saturated heterocycles. The molecule has 1 aromatic heterocycles. The lowest BCUT2D eigenvalue weighted by Gasteiger charge is -2.16. The predicted octanol–water partition coefficient (Wildman–Crippen LogP) is 2.40.